The Labute approximate surface area is 118 Å². The molecule has 0 spiro atoms. The lowest BCUT2D eigenvalue weighted by molar-refractivity contribution is 0.471. The molecular formula is C14H10ClNO2S. The van der Waals surface area contributed by atoms with Gasteiger partial charge in [-0.1, -0.05) is 29.8 Å². The molecule has 3 nitrogen and oxygen atoms in total. The first-order chi connectivity index (χ1) is 9.08. The third-order valence-corrected chi connectivity index (χ3v) is 4.23. The predicted molar refractivity (Wildman–Crippen MR) is 79.3 cm³/mol. The molecule has 0 saturated carbocycles. The van der Waals surface area contributed by atoms with Crippen LogP contribution in [0.25, 0.3) is 21.5 Å². The van der Waals surface area contributed by atoms with E-state index >= 15 is 0 Å². The van der Waals surface area contributed by atoms with Crippen molar-refractivity contribution >= 4 is 33.2 Å². The number of aromatic nitrogens is 1. The van der Waals surface area contributed by atoms with Crippen molar-refractivity contribution < 1.29 is 5.11 Å². The van der Waals surface area contributed by atoms with Gasteiger partial charge in [-0.3, -0.25) is 4.79 Å². The number of benzene rings is 1. The minimum Gasteiger partial charge on any atom is -0.503 e. The van der Waals surface area contributed by atoms with Gasteiger partial charge in [-0.2, -0.15) is 0 Å². The molecule has 19 heavy (non-hydrogen) atoms. The molecule has 0 amide bonds. The van der Waals surface area contributed by atoms with Crippen LogP contribution >= 0.6 is 22.9 Å². The zero-order valence-corrected chi connectivity index (χ0v) is 11.6. The fourth-order valence-corrected chi connectivity index (χ4v) is 3.19. The molecule has 0 unspecified atom stereocenters. The van der Waals surface area contributed by atoms with Crippen LogP contribution in [0.15, 0.2) is 35.1 Å². The van der Waals surface area contributed by atoms with Gasteiger partial charge in [0.1, 0.15) is 4.83 Å². The second-order valence-corrected chi connectivity index (χ2v) is 5.92. The summed E-state index contributed by atoms with van der Waals surface area (Å²) in [7, 11) is 0. The predicted octanol–water partition coefficient (Wildman–Crippen LogP) is 3.92. The molecule has 3 rings (SSSR count). The van der Waals surface area contributed by atoms with E-state index in [9.17, 15) is 9.90 Å². The third kappa shape index (κ3) is 1.93. The summed E-state index contributed by atoms with van der Waals surface area (Å²) in [6, 6.07) is 8.87. The Morgan fingerprint density at radius 3 is 2.79 bits per heavy atom. The smallest absolute Gasteiger partial charge is 0.232 e. The number of pyridine rings is 1. The number of thiophene rings is 1. The van der Waals surface area contributed by atoms with Crippen LogP contribution in [0.1, 0.15) is 4.88 Å². The Morgan fingerprint density at radius 1 is 1.32 bits per heavy atom. The number of aryl methyl sites for hydroxylation is 1. The minimum atomic E-state index is -0.368. The van der Waals surface area contributed by atoms with Gasteiger partial charge in [-0.15, -0.1) is 11.3 Å². The summed E-state index contributed by atoms with van der Waals surface area (Å²) in [5.74, 6) is -0.293. The average Bonchev–Trinajstić information content (AvgIpc) is 2.76. The highest BCUT2D eigenvalue weighted by Gasteiger charge is 2.15. The zero-order chi connectivity index (χ0) is 13.6. The number of H-pyrrole nitrogens is 1. The van der Waals surface area contributed by atoms with E-state index in [4.69, 9.17) is 11.6 Å². The van der Waals surface area contributed by atoms with Crippen molar-refractivity contribution in [1.82, 2.24) is 4.98 Å². The second kappa shape index (κ2) is 4.40. The Morgan fingerprint density at radius 2 is 2.05 bits per heavy atom. The van der Waals surface area contributed by atoms with E-state index in [-0.39, 0.29) is 11.2 Å². The van der Waals surface area contributed by atoms with E-state index in [1.165, 1.54) is 11.3 Å². The lowest BCUT2D eigenvalue weighted by Crippen LogP contribution is -2.03. The van der Waals surface area contributed by atoms with Gasteiger partial charge in [-0.05, 0) is 19.1 Å². The van der Waals surface area contributed by atoms with Crippen molar-refractivity contribution in [3.8, 4) is 17.0 Å². The van der Waals surface area contributed by atoms with Crippen molar-refractivity contribution in [2.45, 2.75) is 6.92 Å². The van der Waals surface area contributed by atoms with Crippen LogP contribution in [0.4, 0.5) is 0 Å². The van der Waals surface area contributed by atoms with Crippen LogP contribution < -0.4 is 5.43 Å². The molecule has 0 radical (unpaired) electrons. The molecule has 0 bridgehead atoms. The summed E-state index contributed by atoms with van der Waals surface area (Å²) in [6.07, 6.45) is 0. The molecule has 2 heterocycles. The highest BCUT2D eigenvalue weighted by atomic mass is 35.5. The van der Waals surface area contributed by atoms with Crippen LogP contribution in [-0.2, 0) is 0 Å². The number of aromatic amines is 1. The van der Waals surface area contributed by atoms with Gasteiger partial charge in [-0.25, -0.2) is 0 Å². The zero-order valence-electron chi connectivity index (χ0n) is 10.0. The number of halogens is 1. The minimum absolute atomic E-state index is 0.293. The first kappa shape index (κ1) is 12.3. The van der Waals surface area contributed by atoms with E-state index in [0.29, 0.717) is 21.7 Å². The van der Waals surface area contributed by atoms with Crippen LogP contribution in [-0.4, -0.2) is 10.1 Å². The first-order valence-electron chi connectivity index (χ1n) is 5.68. The monoisotopic (exact) mass is 291 g/mol. The summed E-state index contributed by atoms with van der Waals surface area (Å²) in [4.78, 5) is 17.0. The highest BCUT2D eigenvalue weighted by molar-refractivity contribution is 7.18. The van der Waals surface area contributed by atoms with Crippen LogP contribution in [0.3, 0.4) is 0 Å². The number of hydrogen-bond donors (Lipinski definition) is 2. The Hall–Kier alpha value is -1.78. The Kier molecular flexibility index (Phi) is 2.84. The average molecular weight is 292 g/mol. The fourth-order valence-electron chi connectivity index (χ4n) is 2.05. The molecule has 0 atom stereocenters. The van der Waals surface area contributed by atoms with Crippen molar-refractivity contribution in [1.29, 1.82) is 0 Å². The molecule has 5 heteroatoms. The van der Waals surface area contributed by atoms with Gasteiger partial charge in [0.2, 0.25) is 5.43 Å². The largest absolute Gasteiger partial charge is 0.503 e. The van der Waals surface area contributed by atoms with E-state index in [1.54, 1.807) is 24.3 Å². The molecule has 0 aliphatic rings. The van der Waals surface area contributed by atoms with E-state index < -0.39 is 0 Å². The van der Waals surface area contributed by atoms with E-state index in [0.717, 1.165) is 9.71 Å². The number of hydrogen-bond acceptors (Lipinski definition) is 3. The number of aromatic hydroxyl groups is 1. The molecule has 3 aromatic rings. The number of nitrogens with one attached hydrogen (secondary N) is 1. The summed E-state index contributed by atoms with van der Waals surface area (Å²) in [5, 5.41) is 11.1. The lowest BCUT2D eigenvalue weighted by Gasteiger charge is -2.06. The molecule has 0 aliphatic heterocycles. The van der Waals surface area contributed by atoms with Crippen molar-refractivity contribution in [2.24, 2.45) is 0 Å². The quantitative estimate of drug-likeness (QED) is 0.714. The maximum atomic E-state index is 12.1. The number of rotatable bonds is 1. The van der Waals surface area contributed by atoms with Crippen molar-refractivity contribution in [3.05, 3.63) is 50.5 Å². The maximum absolute atomic E-state index is 12.1. The molecule has 0 fully saturated rings. The summed E-state index contributed by atoms with van der Waals surface area (Å²) in [5.41, 5.74) is 0.615. The standard InChI is InChI=1S/C14H10ClNO2S/c1-7-6-9-12(17)13(18)11(16-14(9)19-7)8-4-2-3-5-10(8)15/h2-6,18H,1H3,(H,16,17). The van der Waals surface area contributed by atoms with E-state index in [2.05, 4.69) is 4.98 Å². The first-order valence-corrected chi connectivity index (χ1v) is 6.87. The SMILES string of the molecule is Cc1cc2c(=O)c(O)c(-c3ccccc3Cl)[nH]c2s1. The molecule has 0 saturated heterocycles. The van der Waals surface area contributed by atoms with Gasteiger partial charge in [0.05, 0.1) is 16.1 Å². The van der Waals surface area contributed by atoms with Crippen LogP contribution in [0, 0.1) is 6.92 Å². The topological polar surface area (TPSA) is 53.1 Å². The Balaban J connectivity index is 2.39. The molecule has 96 valence electrons. The molecule has 2 aromatic heterocycles. The fraction of sp³-hybridized carbons (Fsp3) is 0.0714. The maximum Gasteiger partial charge on any atom is 0.232 e. The van der Waals surface area contributed by atoms with Crippen LogP contribution in [0.5, 0.6) is 5.75 Å². The van der Waals surface area contributed by atoms with Gasteiger partial charge in [0.25, 0.3) is 0 Å². The second-order valence-electron chi connectivity index (χ2n) is 4.26. The van der Waals surface area contributed by atoms with E-state index in [1.807, 2.05) is 13.0 Å². The summed E-state index contributed by atoms with van der Waals surface area (Å²) < 4.78 is 0. The van der Waals surface area contributed by atoms with Gasteiger partial charge in [0.15, 0.2) is 5.75 Å². The lowest BCUT2D eigenvalue weighted by atomic mass is 10.1. The normalized spacial score (nSPS) is 11.1. The summed E-state index contributed by atoms with van der Waals surface area (Å²) >= 11 is 7.59. The molecule has 0 aliphatic carbocycles. The molecular weight excluding hydrogens is 282 g/mol. The van der Waals surface area contributed by atoms with Crippen molar-refractivity contribution in [3.63, 3.8) is 0 Å². The van der Waals surface area contributed by atoms with Crippen molar-refractivity contribution in [2.75, 3.05) is 0 Å². The molecule has 1 aromatic carbocycles. The number of fused-ring (bicyclic) bond motifs is 1. The van der Waals surface area contributed by atoms with Gasteiger partial charge >= 0.3 is 0 Å². The highest BCUT2D eigenvalue weighted by Crippen LogP contribution is 2.33. The summed E-state index contributed by atoms with van der Waals surface area (Å²) in [6.45, 7) is 1.92. The van der Waals surface area contributed by atoms with Gasteiger partial charge in [0, 0.05) is 10.4 Å². The van der Waals surface area contributed by atoms with Crippen LogP contribution in [0.2, 0.25) is 5.02 Å². The Bertz CT molecular complexity index is 835. The third-order valence-electron chi connectivity index (χ3n) is 2.93. The van der Waals surface area contributed by atoms with Gasteiger partial charge < -0.3 is 10.1 Å². The molecule has 2 N–H and O–H groups in total.